The van der Waals surface area contributed by atoms with Gasteiger partial charge in [0.1, 0.15) is 5.70 Å². The SMILES string of the molecule is CNC(=O)/C(N)=C/N(C)N. The molecule has 58 valence electrons. The number of nitrogens with two attached hydrogens (primary N) is 2. The van der Waals surface area contributed by atoms with Crippen LogP contribution in [0.1, 0.15) is 0 Å². The van der Waals surface area contributed by atoms with E-state index in [2.05, 4.69) is 5.32 Å². The van der Waals surface area contributed by atoms with Gasteiger partial charge in [-0.05, 0) is 0 Å². The van der Waals surface area contributed by atoms with Crippen LogP contribution in [0.4, 0.5) is 0 Å². The van der Waals surface area contributed by atoms with Crippen molar-refractivity contribution in [2.24, 2.45) is 11.6 Å². The van der Waals surface area contributed by atoms with Crippen molar-refractivity contribution in [2.75, 3.05) is 14.1 Å². The summed E-state index contributed by atoms with van der Waals surface area (Å²) in [6.45, 7) is 0. The molecule has 0 aromatic heterocycles. The highest BCUT2D eigenvalue weighted by molar-refractivity contribution is 5.91. The molecule has 0 rings (SSSR count). The molecule has 0 saturated heterocycles. The summed E-state index contributed by atoms with van der Waals surface area (Å²) in [4.78, 5) is 10.7. The Bertz CT molecular complexity index is 152. The predicted molar refractivity (Wildman–Crippen MR) is 38.3 cm³/mol. The summed E-state index contributed by atoms with van der Waals surface area (Å²) in [7, 11) is 3.08. The number of nitrogens with one attached hydrogen (secondary N) is 1. The highest BCUT2D eigenvalue weighted by Gasteiger charge is 2.00. The number of hydrazine groups is 1. The van der Waals surface area contributed by atoms with Crippen molar-refractivity contribution >= 4 is 5.91 Å². The second-order valence-electron chi connectivity index (χ2n) is 1.83. The van der Waals surface area contributed by atoms with Gasteiger partial charge in [0.25, 0.3) is 5.91 Å². The Kier molecular flexibility index (Phi) is 3.27. The largest absolute Gasteiger partial charge is 0.393 e. The van der Waals surface area contributed by atoms with E-state index in [4.69, 9.17) is 11.6 Å². The van der Waals surface area contributed by atoms with E-state index in [1.54, 1.807) is 7.05 Å². The van der Waals surface area contributed by atoms with Gasteiger partial charge in [-0.15, -0.1) is 0 Å². The molecule has 0 saturated carbocycles. The number of hydrogen-bond acceptors (Lipinski definition) is 4. The van der Waals surface area contributed by atoms with Gasteiger partial charge in [-0.3, -0.25) is 4.79 Å². The summed E-state index contributed by atoms with van der Waals surface area (Å²) < 4.78 is 0. The van der Waals surface area contributed by atoms with Gasteiger partial charge in [-0.1, -0.05) is 0 Å². The number of rotatable bonds is 2. The molecule has 0 bridgehead atoms. The number of likely N-dealkylation sites (N-methyl/N-ethyl adjacent to an activating group) is 1. The minimum absolute atomic E-state index is 0.0903. The van der Waals surface area contributed by atoms with Crippen LogP contribution in [-0.2, 0) is 4.79 Å². The molecule has 5 heteroatoms. The van der Waals surface area contributed by atoms with Crippen LogP contribution in [0.2, 0.25) is 0 Å². The molecule has 1 amide bonds. The maximum absolute atomic E-state index is 10.7. The van der Waals surface area contributed by atoms with Crippen LogP contribution in [0.5, 0.6) is 0 Å². The van der Waals surface area contributed by atoms with Crippen LogP contribution >= 0.6 is 0 Å². The van der Waals surface area contributed by atoms with E-state index in [1.807, 2.05) is 0 Å². The molecule has 0 unspecified atom stereocenters. The van der Waals surface area contributed by atoms with Crippen LogP contribution < -0.4 is 16.9 Å². The molecule has 0 spiro atoms. The third-order valence-corrected chi connectivity index (χ3v) is 0.832. The lowest BCUT2D eigenvalue weighted by Gasteiger charge is -2.05. The molecule has 0 fully saturated rings. The van der Waals surface area contributed by atoms with Gasteiger partial charge < -0.3 is 16.1 Å². The van der Waals surface area contributed by atoms with E-state index in [0.29, 0.717) is 0 Å². The molecule has 0 aliphatic heterocycles. The molecule has 5 nitrogen and oxygen atoms in total. The maximum Gasteiger partial charge on any atom is 0.268 e. The van der Waals surface area contributed by atoms with E-state index >= 15 is 0 Å². The minimum atomic E-state index is -0.336. The molecule has 0 atom stereocenters. The first kappa shape index (κ1) is 8.77. The van der Waals surface area contributed by atoms with Crippen LogP contribution in [0.15, 0.2) is 11.9 Å². The average Bonchev–Trinajstić information content (AvgIpc) is 1.85. The van der Waals surface area contributed by atoms with Crippen LogP contribution in [0, 0.1) is 0 Å². The normalized spacial score (nSPS) is 10.9. The standard InChI is InChI=1S/C5H12N4O/c1-8-5(10)4(6)3-9(2)7/h3H,6-7H2,1-2H3,(H,8,10)/b4-3-. The molecule has 0 aliphatic carbocycles. The fourth-order valence-corrected chi connectivity index (χ4v) is 0.422. The number of carbonyl (C=O) groups is 1. The Balaban J connectivity index is 4.05. The van der Waals surface area contributed by atoms with E-state index in [0.717, 1.165) is 0 Å². The Labute approximate surface area is 59.6 Å². The first-order valence-electron chi connectivity index (χ1n) is 2.75. The molecule has 0 aromatic rings. The summed E-state index contributed by atoms with van der Waals surface area (Å²) in [5.74, 6) is 4.85. The van der Waals surface area contributed by atoms with Crippen molar-refractivity contribution < 1.29 is 4.79 Å². The summed E-state index contributed by atoms with van der Waals surface area (Å²) >= 11 is 0. The molecule has 0 radical (unpaired) electrons. The van der Waals surface area contributed by atoms with Gasteiger partial charge in [0.2, 0.25) is 0 Å². The first-order chi connectivity index (χ1) is 4.57. The maximum atomic E-state index is 10.7. The Morgan fingerprint density at radius 1 is 1.70 bits per heavy atom. The van der Waals surface area contributed by atoms with Crippen molar-refractivity contribution in [1.29, 1.82) is 0 Å². The third kappa shape index (κ3) is 2.93. The zero-order valence-electron chi connectivity index (χ0n) is 6.09. The van der Waals surface area contributed by atoms with Gasteiger partial charge >= 0.3 is 0 Å². The summed E-state index contributed by atoms with van der Waals surface area (Å²) in [5.41, 5.74) is 5.35. The molecular formula is C5H12N4O. The number of nitrogens with zero attached hydrogens (tertiary/aromatic N) is 1. The number of carbonyl (C=O) groups excluding carboxylic acids is 1. The molecule has 5 N–H and O–H groups in total. The Hall–Kier alpha value is -1.23. The van der Waals surface area contributed by atoms with Crippen molar-refractivity contribution in [1.82, 2.24) is 10.3 Å². The fraction of sp³-hybridized carbons (Fsp3) is 0.400. The van der Waals surface area contributed by atoms with Crippen molar-refractivity contribution in [3.8, 4) is 0 Å². The monoisotopic (exact) mass is 144 g/mol. The Morgan fingerprint density at radius 2 is 2.20 bits per heavy atom. The summed E-state index contributed by atoms with van der Waals surface area (Å²) in [6, 6.07) is 0. The van der Waals surface area contributed by atoms with E-state index in [9.17, 15) is 4.79 Å². The molecule has 0 aromatic carbocycles. The smallest absolute Gasteiger partial charge is 0.268 e. The molecular weight excluding hydrogens is 132 g/mol. The highest BCUT2D eigenvalue weighted by atomic mass is 16.1. The van der Waals surface area contributed by atoms with Crippen molar-refractivity contribution in [3.63, 3.8) is 0 Å². The van der Waals surface area contributed by atoms with Gasteiger partial charge in [0.05, 0.1) is 0 Å². The average molecular weight is 144 g/mol. The first-order valence-corrected chi connectivity index (χ1v) is 2.75. The third-order valence-electron chi connectivity index (χ3n) is 0.832. The lowest BCUT2D eigenvalue weighted by molar-refractivity contribution is -0.117. The topological polar surface area (TPSA) is 84.4 Å². The molecule has 10 heavy (non-hydrogen) atoms. The summed E-state index contributed by atoms with van der Waals surface area (Å²) in [5, 5.41) is 3.57. The zero-order chi connectivity index (χ0) is 8.15. The van der Waals surface area contributed by atoms with E-state index in [1.165, 1.54) is 18.3 Å². The van der Waals surface area contributed by atoms with E-state index in [-0.39, 0.29) is 11.6 Å². The molecule has 0 aliphatic rings. The van der Waals surface area contributed by atoms with Crippen LogP contribution in [0.3, 0.4) is 0 Å². The van der Waals surface area contributed by atoms with Gasteiger partial charge in [-0.25, -0.2) is 5.84 Å². The predicted octanol–water partition coefficient (Wildman–Crippen LogP) is -1.66. The Morgan fingerprint density at radius 3 is 2.50 bits per heavy atom. The van der Waals surface area contributed by atoms with Crippen molar-refractivity contribution in [2.45, 2.75) is 0 Å². The van der Waals surface area contributed by atoms with E-state index < -0.39 is 0 Å². The van der Waals surface area contributed by atoms with Crippen molar-refractivity contribution in [3.05, 3.63) is 11.9 Å². The summed E-state index contributed by atoms with van der Waals surface area (Å²) in [6.07, 6.45) is 1.33. The van der Waals surface area contributed by atoms with Crippen LogP contribution in [-0.4, -0.2) is 25.0 Å². The quantitative estimate of drug-likeness (QED) is 0.246. The lowest BCUT2D eigenvalue weighted by Crippen LogP contribution is -2.29. The van der Waals surface area contributed by atoms with Crippen LogP contribution in [0.25, 0.3) is 0 Å². The highest BCUT2D eigenvalue weighted by Crippen LogP contribution is 1.82. The number of hydrogen-bond donors (Lipinski definition) is 3. The van der Waals surface area contributed by atoms with Gasteiger partial charge in [0, 0.05) is 20.3 Å². The second kappa shape index (κ2) is 3.73. The minimum Gasteiger partial charge on any atom is -0.393 e. The zero-order valence-corrected chi connectivity index (χ0v) is 6.09. The second-order valence-corrected chi connectivity index (χ2v) is 1.83. The van der Waals surface area contributed by atoms with Gasteiger partial charge in [-0.2, -0.15) is 0 Å². The lowest BCUT2D eigenvalue weighted by atomic mass is 10.4. The number of amides is 1. The van der Waals surface area contributed by atoms with Gasteiger partial charge in [0.15, 0.2) is 0 Å². The fourth-order valence-electron chi connectivity index (χ4n) is 0.422. The molecule has 0 heterocycles.